The van der Waals surface area contributed by atoms with Crippen LogP contribution in [0.15, 0.2) is 24.3 Å². The first-order valence-electron chi connectivity index (χ1n) is 6.79. The van der Waals surface area contributed by atoms with Gasteiger partial charge in [0.25, 0.3) is 5.91 Å². The Morgan fingerprint density at radius 1 is 1.43 bits per heavy atom. The number of anilines is 1. The predicted octanol–water partition coefficient (Wildman–Crippen LogP) is 3.15. The van der Waals surface area contributed by atoms with Gasteiger partial charge in [-0.1, -0.05) is 30.4 Å². The Bertz CT molecular complexity index is 799. The smallest absolute Gasteiger partial charge is 0.277 e. The molecule has 0 bridgehead atoms. The predicted molar refractivity (Wildman–Crippen MR) is 84.9 cm³/mol. The monoisotopic (exact) mass is 300 g/mol. The number of benzene rings is 1. The van der Waals surface area contributed by atoms with E-state index >= 15 is 0 Å². The first-order valence-corrected chi connectivity index (χ1v) is 7.60. The van der Waals surface area contributed by atoms with Gasteiger partial charge in [-0.05, 0) is 31.0 Å². The van der Waals surface area contributed by atoms with Crippen molar-refractivity contribution >= 4 is 32.6 Å². The van der Waals surface area contributed by atoms with Crippen molar-refractivity contribution in [3.8, 4) is 0 Å². The van der Waals surface area contributed by atoms with Gasteiger partial charge in [0, 0.05) is 12.7 Å². The molecule has 108 valence electrons. The molecule has 0 saturated heterocycles. The minimum atomic E-state index is -0.226. The van der Waals surface area contributed by atoms with Crippen LogP contribution in [-0.4, -0.2) is 20.7 Å². The normalized spacial score (nSPS) is 11.0. The fourth-order valence-electron chi connectivity index (χ4n) is 2.18. The molecule has 1 amide bonds. The number of para-hydroxylation sites is 1. The topological polar surface area (TPSA) is 59.8 Å². The van der Waals surface area contributed by atoms with Crippen molar-refractivity contribution in [3.63, 3.8) is 0 Å². The minimum Gasteiger partial charge on any atom is -0.296 e. The number of aryl methyl sites for hydroxylation is 3. The molecule has 0 radical (unpaired) electrons. The number of aromatic nitrogens is 3. The number of fused-ring (bicyclic) bond motifs is 1. The summed E-state index contributed by atoms with van der Waals surface area (Å²) in [5.74, 6) is -0.226. The van der Waals surface area contributed by atoms with Crippen molar-refractivity contribution in [2.24, 2.45) is 7.05 Å². The fourth-order valence-corrected chi connectivity index (χ4v) is 3.09. The number of thiazole rings is 1. The van der Waals surface area contributed by atoms with E-state index in [1.165, 1.54) is 16.9 Å². The zero-order valence-corrected chi connectivity index (χ0v) is 13.0. The molecule has 0 atom stereocenters. The summed E-state index contributed by atoms with van der Waals surface area (Å²) in [5, 5.41) is 7.62. The van der Waals surface area contributed by atoms with Gasteiger partial charge in [-0.3, -0.25) is 14.8 Å². The molecule has 6 heteroatoms. The maximum atomic E-state index is 12.2. The molecule has 3 rings (SSSR count). The fraction of sp³-hybridized carbons (Fsp3) is 0.267. The average molecular weight is 300 g/mol. The Morgan fingerprint density at radius 2 is 2.24 bits per heavy atom. The number of nitrogens with zero attached hydrogens (tertiary/aromatic N) is 3. The van der Waals surface area contributed by atoms with Crippen LogP contribution in [0.1, 0.15) is 28.7 Å². The quantitative estimate of drug-likeness (QED) is 0.808. The van der Waals surface area contributed by atoms with Crippen LogP contribution in [0, 0.1) is 6.92 Å². The van der Waals surface area contributed by atoms with Crippen LogP contribution in [-0.2, 0) is 13.5 Å². The Hall–Kier alpha value is -2.21. The first kappa shape index (κ1) is 13.8. The number of amides is 1. The van der Waals surface area contributed by atoms with Crippen molar-refractivity contribution < 1.29 is 4.79 Å². The van der Waals surface area contributed by atoms with Gasteiger partial charge in [0.2, 0.25) is 0 Å². The minimum absolute atomic E-state index is 0.226. The zero-order valence-electron chi connectivity index (χ0n) is 12.2. The summed E-state index contributed by atoms with van der Waals surface area (Å²) in [6, 6.07) is 7.87. The van der Waals surface area contributed by atoms with Gasteiger partial charge in [-0.15, -0.1) is 0 Å². The summed E-state index contributed by atoms with van der Waals surface area (Å²) >= 11 is 1.48. The van der Waals surface area contributed by atoms with E-state index in [0.29, 0.717) is 10.8 Å². The van der Waals surface area contributed by atoms with E-state index in [-0.39, 0.29) is 5.91 Å². The maximum Gasteiger partial charge on any atom is 0.277 e. The summed E-state index contributed by atoms with van der Waals surface area (Å²) in [6.07, 6.45) is 0.924. The number of carbonyl (C=O) groups is 1. The van der Waals surface area contributed by atoms with E-state index < -0.39 is 0 Å². The van der Waals surface area contributed by atoms with Crippen molar-refractivity contribution in [2.45, 2.75) is 20.3 Å². The van der Waals surface area contributed by atoms with Crippen LogP contribution in [0.2, 0.25) is 0 Å². The van der Waals surface area contributed by atoms with Crippen LogP contribution in [0.25, 0.3) is 10.2 Å². The van der Waals surface area contributed by atoms with Crippen LogP contribution in [0.3, 0.4) is 0 Å². The van der Waals surface area contributed by atoms with E-state index in [2.05, 4.69) is 28.4 Å². The highest BCUT2D eigenvalue weighted by atomic mass is 32.1. The lowest BCUT2D eigenvalue weighted by Crippen LogP contribution is -2.12. The van der Waals surface area contributed by atoms with E-state index in [9.17, 15) is 4.79 Å². The lowest BCUT2D eigenvalue weighted by Gasteiger charge is -1.97. The molecule has 2 heterocycles. The van der Waals surface area contributed by atoms with Crippen LogP contribution in [0.5, 0.6) is 0 Å². The number of carbonyl (C=O) groups excluding carboxylic acids is 1. The summed E-state index contributed by atoms with van der Waals surface area (Å²) in [4.78, 5) is 16.7. The van der Waals surface area contributed by atoms with Gasteiger partial charge < -0.3 is 0 Å². The third-order valence-corrected chi connectivity index (χ3v) is 4.39. The second-order valence-corrected chi connectivity index (χ2v) is 5.92. The number of hydrogen-bond donors (Lipinski definition) is 1. The van der Waals surface area contributed by atoms with Crippen molar-refractivity contribution in [2.75, 3.05) is 5.32 Å². The molecule has 0 aliphatic rings. The third kappa shape index (κ3) is 2.54. The molecular weight excluding hydrogens is 284 g/mol. The molecule has 21 heavy (non-hydrogen) atoms. The molecule has 1 N–H and O–H groups in total. The van der Waals surface area contributed by atoms with E-state index in [1.54, 1.807) is 10.7 Å². The highest BCUT2D eigenvalue weighted by Gasteiger charge is 2.14. The van der Waals surface area contributed by atoms with E-state index in [1.807, 2.05) is 26.1 Å². The molecule has 0 spiro atoms. The van der Waals surface area contributed by atoms with Crippen molar-refractivity contribution in [1.29, 1.82) is 0 Å². The number of nitrogens with one attached hydrogen (secondary N) is 1. The van der Waals surface area contributed by atoms with E-state index in [4.69, 9.17) is 0 Å². The molecule has 0 fully saturated rings. The van der Waals surface area contributed by atoms with Gasteiger partial charge in [-0.2, -0.15) is 5.10 Å². The molecule has 0 aliphatic heterocycles. The van der Waals surface area contributed by atoms with Gasteiger partial charge in [0.15, 0.2) is 10.8 Å². The summed E-state index contributed by atoms with van der Waals surface area (Å²) in [5.41, 5.74) is 3.51. The van der Waals surface area contributed by atoms with Crippen LogP contribution < -0.4 is 5.32 Å². The Kier molecular flexibility index (Phi) is 3.47. The van der Waals surface area contributed by atoms with Gasteiger partial charge >= 0.3 is 0 Å². The Balaban J connectivity index is 1.89. The second-order valence-electron chi connectivity index (χ2n) is 4.89. The number of rotatable bonds is 3. The maximum absolute atomic E-state index is 12.2. The Morgan fingerprint density at radius 3 is 2.90 bits per heavy atom. The van der Waals surface area contributed by atoms with Crippen molar-refractivity contribution in [3.05, 3.63) is 41.2 Å². The molecule has 0 unspecified atom stereocenters. The van der Waals surface area contributed by atoms with Gasteiger partial charge in [0.05, 0.1) is 10.2 Å². The van der Waals surface area contributed by atoms with E-state index in [0.717, 1.165) is 22.3 Å². The summed E-state index contributed by atoms with van der Waals surface area (Å²) in [6.45, 7) is 4.01. The SMILES string of the molecule is CCc1cccc2sc(NC(=O)c3cc(C)n(C)n3)nc12. The molecule has 1 aromatic carbocycles. The zero-order chi connectivity index (χ0) is 15.0. The molecule has 0 aliphatic carbocycles. The lowest BCUT2D eigenvalue weighted by molar-refractivity contribution is 0.102. The highest BCUT2D eigenvalue weighted by Crippen LogP contribution is 2.28. The molecule has 2 aromatic heterocycles. The standard InChI is InChI=1S/C15H16N4OS/c1-4-10-6-5-7-12-13(10)16-15(21-12)17-14(20)11-8-9(2)19(3)18-11/h5-8H,4H2,1-3H3,(H,16,17,20). The third-order valence-electron chi connectivity index (χ3n) is 3.45. The highest BCUT2D eigenvalue weighted by molar-refractivity contribution is 7.22. The first-order chi connectivity index (χ1) is 10.1. The van der Waals surface area contributed by atoms with Gasteiger partial charge in [-0.25, -0.2) is 4.98 Å². The molecule has 5 nitrogen and oxygen atoms in total. The largest absolute Gasteiger partial charge is 0.296 e. The lowest BCUT2D eigenvalue weighted by atomic mass is 10.1. The average Bonchev–Trinajstić information content (AvgIpc) is 3.02. The van der Waals surface area contributed by atoms with Crippen LogP contribution in [0.4, 0.5) is 5.13 Å². The molecule has 0 saturated carbocycles. The molecular formula is C15H16N4OS. The Labute approximate surface area is 126 Å². The second kappa shape index (κ2) is 5.29. The summed E-state index contributed by atoms with van der Waals surface area (Å²) < 4.78 is 2.77. The van der Waals surface area contributed by atoms with Crippen molar-refractivity contribution in [1.82, 2.24) is 14.8 Å². The molecule has 3 aromatic rings. The van der Waals surface area contributed by atoms with Gasteiger partial charge in [0.1, 0.15) is 0 Å². The summed E-state index contributed by atoms with van der Waals surface area (Å²) in [7, 11) is 1.82. The number of hydrogen-bond acceptors (Lipinski definition) is 4. The van der Waals surface area contributed by atoms with Crippen LogP contribution >= 0.6 is 11.3 Å².